The van der Waals surface area contributed by atoms with Crippen molar-refractivity contribution in [2.75, 3.05) is 16.8 Å². The lowest BCUT2D eigenvalue weighted by atomic mass is 10.1. The van der Waals surface area contributed by atoms with Gasteiger partial charge in [0.25, 0.3) is 0 Å². The van der Waals surface area contributed by atoms with E-state index in [4.69, 9.17) is 5.73 Å². The first-order valence-electron chi connectivity index (χ1n) is 7.76. The molecule has 1 fully saturated rings. The molecular formula is C18H18FN3O2. The topological polar surface area (TPSA) is 75.4 Å². The van der Waals surface area contributed by atoms with Gasteiger partial charge in [-0.3, -0.25) is 9.59 Å². The number of carbonyl (C=O) groups excluding carboxylic acids is 2. The van der Waals surface area contributed by atoms with E-state index in [0.29, 0.717) is 24.2 Å². The molecule has 24 heavy (non-hydrogen) atoms. The van der Waals surface area contributed by atoms with Crippen LogP contribution < -0.4 is 16.0 Å². The minimum atomic E-state index is -0.782. The summed E-state index contributed by atoms with van der Waals surface area (Å²) in [6.07, 6.45) is 1.40. The van der Waals surface area contributed by atoms with Gasteiger partial charge in [0.2, 0.25) is 11.8 Å². The molecule has 2 aromatic rings. The van der Waals surface area contributed by atoms with E-state index < -0.39 is 11.9 Å². The largest absolute Gasteiger partial charge is 0.370 e. The van der Waals surface area contributed by atoms with Crippen molar-refractivity contribution < 1.29 is 14.0 Å². The van der Waals surface area contributed by atoms with E-state index >= 15 is 0 Å². The molecule has 0 radical (unpaired) electrons. The molecule has 2 aromatic carbocycles. The number of hydrogen-bond donors (Lipinski definition) is 2. The maximum atomic E-state index is 13.1. The van der Waals surface area contributed by atoms with Crippen LogP contribution in [0.1, 0.15) is 24.4 Å². The van der Waals surface area contributed by atoms with Gasteiger partial charge in [-0.2, -0.15) is 0 Å². The molecule has 3 N–H and O–H groups in total. The zero-order valence-corrected chi connectivity index (χ0v) is 13.0. The second-order valence-electron chi connectivity index (χ2n) is 5.73. The molecule has 1 saturated heterocycles. The quantitative estimate of drug-likeness (QED) is 0.886. The highest BCUT2D eigenvalue weighted by Gasteiger charge is 2.22. The second-order valence-corrected chi connectivity index (χ2v) is 5.73. The van der Waals surface area contributed by atoms with Crippen LogP contribution in [0.5, 0.6) is 0 Å². The molecule has 6 heteroatoms. The summed E-state index contributed by atoms with van der Waals surface area (Å²) in [4.78, 5) is 25.4. The van der Waals surface area contributed by atoms with Gasteiger partial charge in [-0.25, -0.2) is 4.39 Å². The van der Waals surface area contributed by atoms with E-state index in [1.807, 2.05) is 18.2 Å². The smallest absolute Gasteiger partial charge is 0.244 e. The van der Waals surface area contributed by atoms with Crippen LogP contribution in [0, 0.1) is 5.82 Å². The van der Waals surface area contributed by atoms with Crippen molar-refractivity contribution in [3.8, 4) is 0 Å². The summed E-state index contributed by atoms with van der Waals surface area (Å²) in [6, 6.07) is 12.1. The SMILES string of the molecule is NC(=O)C(Nc1cccc(N2CCCC2=O)c1)c1ccc(F)cc1. The van der Waals surface area contributed by atoms with Crippen LogP contribution in [0.2, 0.25) is 0 Å². The number of nitrogens with zero attached hydrogens (tertiary/aromatic N) is 1. The highest BCUT2D eigenvalue weighted by Crippen LogP contribution is 2.26. The van der Waals surface area contributed by atoms with Gasteiger partial charge < -0.3 is 16.0 Å². The molecule has 3 rings (SSSR count). The summed E-state index contributed by atoms with van der Waals surface area (Å²) < 4.78 is 13.1. The molecule has 124 valence electrons. The number of rotatable bonds is 5. The summed E-state index contributed by atoms with van der Waals surface area (Å²) in [5.41, 5.74) is 7.50. The maximum absolute atomic E-state index is 13.1. The average Bonchev–Trinajstić information content (AvgIpc) is 3.00. The monoisotopic (exact) mass is 327 g/mol. The van der Waals surface area contributed by atoms with Crippen LogP contribution in [0.15, 0.2) is 48.5 Å². The Labute approximate surface area is 139 Å². The highest BCUT2D eigenvalue weighted by molar-refractivity contribution is 5.95. The Balaban J connectivity index is 1.84. The summed E-state index contributed by atoms with van der Waals surface area (Å²) in [7, 11) is 0. The molecule has 0 aliphatic carbocycles. The lowest BCUT2D eigenvalue weighted by molar-refractivity contribution is -0.119. The third-order valence-electron chi connectivity index (χ3n) is 4.03. The van der Waals surface area contributed by atoms with Crippen molar-refractivity contribution >= 4 is 23.2 Å². The Kier molecular flexibility index (Phi) is 4.46. The predicted octanol–water partition coefficient (Wildman–Crippen LogP) is 2.59. The minimum Gasteiger partial charge on any atom is -0.370 e. The molecule has 5 nitrogen and oxygen atoms in total. The van der Waals surface area contributed by atoms with Gasteiger partial charge in [0.05, 0.1) is 0 Å². The average molecular weight is 327 g/mol. The normalized spacial score (nSPS) is 15.4. The van der Waals surface area contributed by atoms with Crippen molar-refractivity contribution in [3.63, 3.8) is 0 Å². The molecule has 0 bridgehead atoms. The van der Waals surface area contributed by atoms with E-state index in [9.17, 15) is 14.0 Å². The number of hydrogen-bond acceptors (Lipinski definition) is 3. The van der Waals surface area contributed by atoms with Crippen molar-refractivity contribution in [1.29, 1.82) is 0 Å². The Morgan fingerprint density at radius 1 is 1.21 bits per heavy atom. The van der Waals surface area contributed by atoms with Gasteiger partial charge in [0.1, 0.15) is 11.9 Å². The number of nitrogens with one attached hydrogen (secondary N) is 1. The van der Waals surface area contributed by atoms with E-state index in [1.165, 1.54) is 24.3 Å². The standard InChI is InChI=1S/C18H18FN3O2/c19-13-8-6-12(7-9-13)17(18(20)24)21-14-3-1-4-15(11-14)22-10-2-5-16(22)23/h1,3-4,6-9,11,17,21H,2,5,10H2,(H2,20,24). The lowest BCUT2D eigenvalue weighted by Gasteiger charge is -2.20. The molecule has 2 amide bonds. The maximum Gasteiger partial charge on any atom is 0.244 e. The zero-order valence-electron chi connectivity index (χ0n) is 13.0. The van der Waals surface area contributed by atoms with Crippen molar-refractivity contribution in [2.24, 2.45) is 5.73 Å². The van der Waals surface area contributed by atoms with E-state index in [1.54, 1.807) is 11.0 Å². The second kappa shape index (κ2) is 6.70. The zero-order chi connectivity index (χ0) is 17.1. The first kappa shape index (κ1) is 16.0. The lowest BCUT2D eigenvalue weighted by Crippen LogP contribution is -2.28. The molecule has 1 aliphatic heterocycles. The van der Waals surface area contributed by atoms with Crippen LogP contribution >= 0.6 is 0 Å². The first-order chi connectivity index (χ1) is 11.5. The molecule has 1 aliphatic rings. The number of carbonyl (C=O) groups is 2. The van der Waals surface area contributed by atoms with Crippen molar-refractivity contribution in [3.05, 3.63) is 59.9 Å². The van der Waals surface area contributed by atoms with Crippen molar-refractivity contribution in [1.82, 2.24) is 0 Å². The number of primary amides is 1. The Bertz CT molecular complexity index is 761. The number of halogens is 1. The van der Waals surface area contributed by atoms with Gasteiger partial charge in [-0.15, -0.1) is 0 Å². The molecular weight excluding hydrogens is 309 g/mol. The Hall–Kier alpha value is -2.89. The number of benzene rings is 2. The third kappa shape index (κ3) is 3.37. The molecule has 0 aromatic heterocycles. The summed E-state index contributed by atoms with van der Waals surface area (Å²) in [5.74, 6) is -0.849. The van der Waals surface area contributed by atoms with Crippen LogP contribution in [0.4, 0.5) is 15.8 Å². The van der Waals surface area contributed by atoms with E-state index in [-0.39, 0.29) is 11.7 Å². The van der Waals surface area contributed by atoms with E-state index in [0.717, 1.165) is 12.1 Å². The molecule has 1 atom stereocenters. The molecule has 1 heterocycles. The van der Waals surface area contributed by atoms with E-state index in [2.05, 4.69) is 5.32 Å². The third-order valence-corrected chi connectivity index (χ3v) is 4.03. The number of anilines is 2. The summed E-state index contributed by atoms with van der Waals surface area (Å²) in [6.45, 7) is 0.694. The fourth-order valence-corrected chi connectivity index (χ4v) is 2.83. The first-order valence-corrected chi connectivity index (χ1v) is 7.76. The number of amides is 2. The van der Waals surface area contributed by atoms with Crippen molar-refractivity contribution in [2.45, 2.75) is 18.9 Å². The summed E-state index contributed by atoms with van der Waals surface area (Å²) >= 11 is 0. The fraction of sp³-hybridized carbons (Fsp3) is 0.222. The van der Waals surface area contributed by atoms with Crippen LogP contribution in [0.25, 0.3) is 0 Å². The molecule has 0 spiro atoms. The summed E-state index contributed by atoms with van der Waals surface area (Å²) in [5, 5.41) is 3.06. The predicted molar refractivity (Wildman–Crippen MR) is 90.0 cm³/mol. The Morgan fingerprint density at radius 3 is 2.58 bits per heavy atom. The minimum absolute atomic E-state index is 0.0946. The fourth-order valence-electron chi connectivity index (χ4n) is 2.83. The Morgan fingerprint density at radius 2 is 1.96 bits per heavy atom. The highest BCUT2D eigenvalue weighted by atomic mass is 19.1. The van der Waals surface area contributed by atoms with Gasteiger partial charge >= 0.3 is 0 Å². The molecule has 0 saturated carbocycles. The van der Waals surface area contributed by atoms with Gasteiger partial charge in [-0.05, 0) is 42.3 Å². The van der Waals surface area contributed by atoms with Crippen LogP contribution in [-0.2, 0) is 9.59 Å². The van der Waals surface area contributed by atoms with Gasteiger partial charge in [0.15, 0.2) is 0 Å². The van der Waals surface area contributed by atoms with Gasteiger partial charge in [-0.1, -0.05) is 18.2 Å². The number of nitrogens with two attached hydrogens (primary N) is 1. The van der Waals surface area contributed by atoms with Crippen LogP contribution in [-0.4, -0.2) is 18.4 Å². The van der Waals surface area contributed by atoms with Gasteiger partial charge in [0, 0.05) is 24.3 Å². The molecule has 1 unspecified atom stereocenters. The van der Waals surface area contributed by atoms with Crippen LogP contribution in [0.3, 0.4) is 0 Å².